The second-order valence-electron chi connectivity index (χ2n) is 4.45. The van der Waals surface area contributed by atoms with E-state index in [9.17, 15) is 0 Å². The maximum absolute atomic E-state index is 5.86. The van der Waals surface area contributed by atoms with E-state index in [1.54, 1.807) is 11.3 Å². The maximum atomic E-state index is 5.86. The summed E-state index contributed by atoms with van der Waals surface area (Å²) in [6, 6.07) is 10.5. The molecule has 1 atom stereocenters. The summed E-state index contributed by atoms with van der Waals surface area (Å²) in [4.78, 5) is 4.63. The summed E-state index contributed by atoms with van der Waals surface area (Å²) in [6.45, 7) is 4.13. The Kier molecular flexibility index (Phi) is 3.30. The Morgan fingerprint density at radius 2 is 2.28 bits per heavy atom. The molecule has 1 N–H and O–H groups in total. The van der Waals surface area contributed by atoms with Crippen LogP contribution in [-0.4, -0.2) is 18.1 Å². The molecule has 0 bridgehead atoms. The predicted octanol–water partition coefficient (Wildman–Crippen LogP) is 3.12. The van der Waals surface area contributed by atoms with E-state index in [4.69, 9.17) is 4.74 Å². The predicted molar refractivity (Wildman–Crippen MR) is 72.4 cm³/mol. The van der Waals surface area contributed by atoms with Gasteiger partial charge in [0, 0.05) is 12.5 Å². The lowest BCUT2D eigenvalue weighted by molar-refractivity contribution is 0.491. The molecule has 3 nitrogen and oxygen atoms in total. The van der Waals surface area contributed by atoms with E-state index in [1.807, 2.05) is 31.2 Å². The van der Waals surface area contributed by atoms with Gasteiger partial charge in [0.2, 0.25) is 5.06 Å². The average molecular weight is 259 g/mol. The van der Waals surface area contributed by atoms with Crippen LogP contribution in [0.1, 0.15) is 23.0 Å². The Morgan fingerprint density at radius 1 is 1.44 bits per heavy atom. The summed E-state index contributed by atoms with van der Waals surface area (Å²) in [5.41, 5.74) is 0.981. The van der Waals surface area contributed by atoms with E-state index < -0.39 is 0 Å². The van der Waals surface area contributed by atoms with Crippen LogP contribution in [0.2, 0.25) is 0 Å². The van der Waals surface area contributed by atoms with Gasteiger partial charge in [-0.3, -0.25) is 0 Å². The third-order valence-electron chi connectivity index (χ3n) is 3.08. The first kappa shape index (κ1) is 11.7. The molecule has 1 aliphatic heterocycles. The SMILES string of the molecule is Cc1nc(C2CCNC2)sc1Oc1cc[c]cc1. The highest BCUT2D eigenvalue weighted by Gasteiger charge is 2.21. The van der Waals surface area contributed by atoms with Gasteiger partial charge in [0.25, 0.3) is 0 Å². The third-order valence-corrected chi connectivity index (χ3v) is 4.28. The van der Waals surface area contributed by atoms with Crippen LogP contribution >= 0.6 is 11.3 Å². The molecule has 1 aromatic carbocycles. The molecule has 0 spiro atoms. The minimum atomic E-state index is 0.551. The summed E-state index contributed by atoms with van der Waals surface area (Å²) < 4.78 is 5.86. The van der Waals surface area contributed by atoms with E-state index >= 15 is 0 Å². The van der Waals surface area contributed by atoms with Crippen LogP contribution < -0.4 is 10.1 Å². The molecule has 0 saturated carbocycles. The van der Waals surface area contributed by atoms with Crippen molar-refractivity contribution in [3.63, 3.8) is 0 Å². The summed E-state index contributed by atoms with van der Waals surface area (Å²) in [5.74, 6) is 1.40. The van der Waals surface area contributed by atoms with Crippen LogP contribution in [0.25, 0.3) is 0 Å². The standard InChI is InChI=1S/C14H15N2OS/c1-10-14(17-12-5-3-2-4-6-12)18-13(16-10)11-7-8-15-9-11/h3-6,11,15H,7-9H2,1H3. The van der Waals surface area contributed by atoms with Crippen molar-refractivity contribution in [3.8, 4) is 10.8 Å². The smallest absolute Gasteiger partial charge is 0.203 e. The lowest BCUT2D eigenvalue weighted by atomic mass is 10.1. The summed E-state index contributed by atoms with van der Waals surface area (Å²) in [5, 5.41) is 5.47. The van der Waals surface area contributed by atoms with Gasteiger partial charge in [-0.2, -0.15) is 0 Å². The van der Waals surface area contributed by atoms with Gasteiger partial charge >= 0.3 is 0 Å². The highest BCUT2D eigenvalue weighted by molar-refractivity contribution is 7.13. The van der Waals surface area contributed by atoms with E-state index in [0.29, 0.717) is 5.92 Å². The normalized spacial score (nSPS) is 19.1. The Balaban J connectivity index is 1.80. The average Bonchev–Trinajstić information content (AvgIpc) is 3.01. The van der Waals surface area contributed by atoms with Gasteiger partial charge in [0.15, 0.2) is 0 Å². The van der Waals surface area contributed by atoms with Crippen molar-refractivity contribution in [1.82, 2.24) is 10.3 Å². The molecule has 0 amide bonds. The topological polar surface area (TPSA) is 34.2 Å². The van der Waals surface area contributed by atoms with Crippen molar-refractivity contribution in [2.45, 2.75) is 19.3 Å². The van der Waals surface area contributed by atoms with Crippen LogP contribution in [0.3, 0.4) is 0 Å². The Morgan fingerprint density at radius 3 is 3.00 bits per heavy atom. The maximum Gasteiger partial charge on any atom is 0.203 e. The molecule has 4 heteroatoms. The Hall–Kier alpha value is -1.39. The van der Waals surface area contributed by atoms with Gasteiger partial charge in [-0.15, -0.1) is 0 Å². The number of nitrogens with one attached hydrogen (secondary N) is 1. The molecule has 1 fully saturated rings. The second-order valence-corrected chi connectivity index (χ2v) is 5.45. The van der Waals surface area contributed by atoms with Gasteiger partial charge in [0.05, 0.1) is 5.69 Å². The molecular weight excluding hydrogens is 244 g/mol. The highest BCUT2D eigenvalue weighted by atomic mass is 32.1. The van der Waals surface area contributed by atoms with E-state index in [2.05, 4.69) is 16.4 Å². The first-order chi connectivity index (χ1) is 8.83. The molecule has 1 aromatic heterocycles. The molecule has 93 valence electrons. The van der Waals surface area contributed by atoms with Gasteiger partial charge in [-0.1, -0.05) is 23.5 Å². The van der Waals surface area contributed by atoms with Crippen LogP contribution in [-0.2, 0) is 0 Å². The van der Waals surface area contributed by atoms with E-state index in [1.165, 1.54) is 11.4 Å². The van der Waals surface area contributed by atoms with Gasteiger partial charge in [0.1, 0.15) is 10.8 Å². The minimum absolute atomic E-state index is 0.551. The summed E-state index contributed by atoms with van der Waals surface area (Å²) in [7, 11) is 0. The van der Waals surface area contributed by atoms with E-state index in [-0.39, 0.29) is 0 Å². The quantitative estimate of drug-likeness (QED) is 0.919. The van der Waals surface area contributed by atoms with Crippen LogP contribution in [0, 0.1) is 13.0 Å². The van der Waals surface area contributed by atoms with Crippen molar-refractivity contribution in [2.75, 3.05) is 13.1 Å². The van der Waals surface area contributed by atoms with Crippen LogP contribution in [0.15, 0.2) is 24.3 Å². The zero-order chi connectivity index (χ0) is 12.4. The van der Waals surface area contributed by atoms with Gasteiger partial charge in [-0.05, 0) is 38.1 Å². The van der Waals surface area contributed by atoms with Crippen molar-refractivity contribution in [3.05, 3.63) is 41.0 Å². The number of nitrogens with zero attached hydrogens (tertiary/aromatic N) is 1. The summed E-state index contributed by atoms with van der Waals surface area (Å²) >= 11 is 1.67. The number of thiazole rings is 1. The first-order valence-electron chi connectivity index (χ1n) is 6.15. The number of aryl methyl sites for hydroxylation is 1. The Bertz CT molecular complexity index is 518. The molecular formula is C14H15N2OS. The lowest BCUT2D eigenvalue weighted by Gasteiger charge is -2.02. The van der Waals surface area contributed by atoms with Gasteiger partial charge in [-0.25, -0.2) is 4.98 Å². The fourth-order valence-electron chi connectivity index (χ4n) is 2.08. The number of aromatic nitrogens is 1. The number of rotatable bonds is 3. The van der Waals surface area contributed by atoms with Crippen LogP contribution in [0.4, 0.5) is 0 Å². The van der Waals surface area contributed by atoms with Crippen molar-refractivity contribution < 1.29 is 4.74 Å². The molecule has 1 radical (unpaired) electrons. The van der Waals surface area contributed by atoms with Crippen molar-refractivity contribution in [2.24, 2.45) is 0 Å². The van der Waals surface area contributed by atoms with E-state index in [0.717, 1.165) is 29.6 Å². The fourth-order valence-corrected chi connectivity index (χ4v) is 3.16. The highest BCUT2D eigenvalue weighted by Crippen LogP contribution is 2.36. The molecule has 0 aliphatic carbocycles. The molecule has 1 unspecified atom stereocenters. The zero-order valence-electron chi connectivity index (χ0n) is 10.3. The van der Waals surface area contributed by atoms with Gasteiger partial charge < -0.3 is 10.1 Å². The number of benzene rings is 1. The molecule has 1 aliphatic rings. The lowest BCUT2D eigenvalue weighted by Crippen LogP contribution is -2.07. The molecule has 3 rings (SSSR count). The van der Waals surface area contributed by atoms with Crippen LogP contribution in [0.5, 0.6) is 10.8 Å². The van der Waals surface area contributed by atoms with Crippen molar-refractivity contribution >= 4 is 11.3 Å². The zero-order valence-corrected chi connectivity index (χ0v) is 11.1. The first-order valence-corrected chi connectivity index (χ1v) is 6.96. The molecule has 2 aromatic rings. The molecule has 2 heterocycles. The number of hydrogen-bond acceptors (Lipinski definition) is 4. The largest absolute Gasteiger partial charge is 0.445 e. The summed E-state index contributed by atoms with van der Waals surface area (Å²) in [6.07, 6.45) is 1.17. The third kappa shape index (κ3) is 2.40. The monoisotopic (exact) mass is 259 g/mol. The Labute approximate surface area is 111 Å². The molecule has 1 saturated heterocycles. The molecule has 18 heavy (non-hydrogen) atoms. The minimum Gasteiger partial charge on any atom is -0.445 e. The number of ether oxygens (including phenoxy) is 1. The second kappa shape index (κ2) is 5.08. The number of hydrogen-bond donors (Lipinski definition) is 1. The van der Waals surface area contributed by atoms with Crippen molar-refractivity contribution in [1.29, 1.82) is 0 Å². The fraction of sp³-hybridized carbons (Fsp3) is 0.357.